The monoisotopic (exact) mass is 328 g/mol. The van der Waals surface area contributed by atoms with Gasteiger partial charge < -0.3 is 9.84 Å². The number of aliphatic imine (C=N–C) groups is 1. The molecule has 0 aromatic heterocycles. The molecule has 0 saturated carbocycles. The number of halogens is 2. The summed E-state index contributed by atoms with van der Waals surface area (Å²) in [6.07, 6.45) is 1.04. The molecule has 0 heterocycles. The van der Waals surface area contributed by atoms with E-state index in [1.807, 2.05) is 0 Å². The van der Waals surface area contributed by atoms with E-state index < -0.39 is 17.9 Å². The zero-order valence-electron chi connectivity index (χ0n) is 10.8. The van der Waals surface area contributed by atoms with Crippen molar-refractivity contribution in [3.05, 3.63) is 27.7 Å². The predicted molar refractivity (Wildman–Crippen MR) is 77.3 cm³/mol. The number of carbonyl (C=O) groups is 2. The number of aromatic carboxylic acids is 1. The molecule has 0 spiro atoms. The first-order chi connectivity index (χ1) is 9.92. The van der Waals surface area contributed by atoms with Crippen molar-refractivity contribution in [1.82, 2.24) is 0 Å². The van der Waals surface area contributed by atoms with Gasteiger partial charge in [0.1, 0.15) is 0 Å². The molecule has 6 nitrogen and oxygen atoms in total. The van der Waals surface area contributed by atoms with Crippen molar-refractivity contribution < 1.29 is 19.4 Å². The molecular formula is C13H10Cl2N2O4. The molecule has 1 atom stereocenters. The van der Waals surface area contributed by atoms with Gasteiger partial charge in [-0.25, -0.2) is 4.79 Å². The Hall–Kier alpha value is -2.10. The molecule has 0 bridgehead atoms. The summed E-state index contributed by atoms with van der Waals surface area (Å²) >= 11 is 11.6. The molecule has 8 heteroatoms. The average molecular weight is 329 g/mol. The van der Waals surface area contributed by atoms with Crippen LogP contribution in [0.25, 0.3) is 0 Å². The lowest BCUT2D eigenvalue weighted by Crippen LogP contribution is -2.17. The molecule has 1 aromatic carbocycles. The third kappa shape index (κ3) is 4.18. The molecule has 21 heavy (non-hydrogen) atoms. The molecular weight excluding hydrogens is 319 g/mol. The van der Waals surface area contributed by atoms with Gasteiger partial charge in [-0.2, -0.15) is 5.26 Å². The van der Waals surface area contributed by atoms with Gasteiger partial charge in [-0.3, -0.25) is 9.79 Å². The van der Waals surface area contributed by atoms with E-state index >= 15 is 0 Å². The summed E-state index contributed by atoms with van der Waals surface area (Å²) in [4.78, 5) is 26.3. The first-order valence-electron chi connectivity index (χ1n) is 5.74. The number of carboxylic acid groups (broad SMARTS) is 1. The second-order valence-electron chi connectivity index (χ2n) is 3.70. The van der Waals surface area contributed by atoms with Crippen molar-refractivity contribution in [2.45, 2.75) is 6.92 Å². The van der Waals surface area contributed by atoms with Gasteiger partial charge >= 0.3 is 11.9 Å². The minimum atomic E-state index is -1.30. The second kappa shape index (κ2) is 7.62. The number of carboxylic acids is 1. The Morgan fingerprint density at radius 3 is 2.71 bits per heavy atom. The fourth-order valence-corrected chi connectivity index (χ4v) is 1.95. The third-order valence-corrected chi connectivity index (χ3v) is 3.02. The van der Waals surface area contributed by atoms with E-state index in [-0.39, 0.29) is 27.9 Å². The summed E-state index contributed by atoms with van der Waals surface area (Å²) in [7, 11) is 0. The third-order valence-electron chi connectivity index (χ3n) is 2.33. The topological polar surface area (TPSA) is 99.8 Å². The van der Waals surface area contributed by atoms with Gasteiger partial charge in [0.25, 0.3) is 0 Å². The molecule has 0 amide bonds. The highest BCUT2D eigenvalue weighted by Crippen LogP contribution is 2.33. The Morgan fingerprint density at radius 1 is 1.52 bits per heavy atom. The molecule has 110 valence electrons. The number of carbonyl (C=O) groups excluding carboxylic acids is 1. The number of benzene rings is 1. The van der Waals surface area contributed by atoms with Gasteiger partial charge in [0.15, 0.2) is 5.92 Å². The van der Waals surface area contributed by atoms with E-state index in [2.05, 4.69) is 4.99 Å². The van der Waals surface area contributed by atoms with Crippen LogP contribution >= 0.6 is 23.2 Å². The number of rotatable bonds is 5. The summed E-state index contributed by atoms with van der Waals surface area (Å²) < 4.78 is 4.69. The van der Waals surface area contributed by atoms with Gasteiger partial charge in [-0.15, -0.1) is 0 Å². The summed E-state index contributed by atoms with van der Waals surface area (Å²) in [6, 6.07) is 4.41. The molecule has 0 radical (unpaired) electrons. The fourth-order valence-electron chi connectivity index (χ4n) is 1.37. The van der Waals surface area contributed by atoms with E-state index in [4.69, 9.17) is 38.3 Å². The Balaban J connectivity index is 3.11. The van der Waals surface area contributed by atoms with Gasteiger partial charge in [-0.1, -0.05) is 23.2 Å². The van der Waals surface area contributed by atoms with Crippen molar-refractivity contribution in [2.24, 2.45) is 10.9 Å². The molecule has 0 aliphatic carbocycles. The standard InChI is InChI=1S/C13H10Cl2N2O4/c1-2-21-13(20)7(5-16)6-17-9-4-3-8(14)10(11(9)15)12(18)19/h3-4,6-7H,2H2,1H3,(H,18,19). The SMILES string of the molecule is CCOC(=O)C(C#N)C=Nc1ccc(Cl)c(C(=O)O)c1Cl. The van der Waals surface area contributed by atoms with Crippen LogP contribution in [0.4, 0.5) is 5.69 Å². The molecule has 1 unspecified atom stereocenters. The van der Waals surface area contributed by atoms with Crippen LogP contribution < -0.4 is 0 Å². The average Bonchev–Trinajstić information content (AvgIpc) is 2.41. The number of hydrogen-bond acceptors (Lipinski definition) is 5. The summed E-state index contributed by atoms with van der Waals surface area (Å²) in [5.74, 6) is -3.25. The fraction of sp³-hybridized carbons (Fsp3) is 0.231. The molecule has 0 aliphatic heterocycles. The van der Waals surface area contributed by atoms with E-state index in [0.717, 1.165) is 6.21 Å². The van der Waals surface area contributed by atoms with Gasteiger partial charge in [0.2, 0.25) is 0 Å². The van der Waals surface area contributed by atoms with Crippen molar-refractivity contribution in [3.8, 4) is 6.07 Å². The van der Waals surface area contributed by atoms with Crippen LogP contribution in [0.3, 0.4) is 0 Å². The number of ether oxygens (including phenoxy) is 1. The summed E-state index contributed by atoms with van der Waals surface area (Å²) in [5, 5.41) is 17.7. The largest absolute Gasteiger partial charge is 0.478 e. The highest BCUT2D eigenvalue weighted by atomic mass is 35.5. The number of nitrogens with zero attached hydrogens (tertiary/aromatic N) is 2. The van der Waals surface area contributed by atoms with Crippen LogP contribution in [0.2, 0.25) is 10.0 Å². The van der Waals surface area contributed by atoms with Crippen molar-refractivity contribution in [3.63, 3.8) is 0 Å². The maximum Gasteiger partial charge on any atom is 0.338 e. The van der Waals surface area contributed by atoms with Crippen LogP contribution in [0.15, 0.2) is 17.1 Å². The zero-order valence-corrected chi connectivity index (χ0v) is 12.4. The Kier molecular flexibility index (Phi) is 6.15. The first kappa shape index (κ1) is 17.0. The lowest BCUT2D eigenvalue weighted by molar-refractivity contribution is -0.143. The van der Waals surface area contributed by atoms with E-state index in [0.29, 0.717) is 0 Å². The van der Waals surface area contributed by atoms with Crippen LogP contribution in [0, 0.1) is 17.2 Å². The van der Waals surface area contributed by atoms with Crippen LogP contribution in [0.5, 0.6) is 0 Å². The van der Waals surface area contributed by atoms with Gasteiger partial charge in [0, 0.05) is 6.21 Å². The van der Waals surface area contributed by atoms with E-state index in [1.165, 1.54) is 12.1 Å². The first-order valence-corrected chi connectivity index (χ1v) is 6.49. The van der Waals surface area contributed by atoms with Crippen molar-refractivity contribution in [2.75, 3.05) is 6.61 Å². The minimum Gasteiger partial charge on any atom is -0.478 e. The van der Waals surface area contributed by atoms with Gasteiger partial charge in [-0.05, 0) is 19.1 Å². The lowest BCUT2D eigenvalue weighted by atomic mass is 10.2. The van der Waals surface area contributed by atoms with Gasteiger partial charge in [0.05, 0.1) is 34.0 Å². The Morgan fingerprint density at radius 2 is 2.19 bits per heavy atom. The van der Waals surface area contributed by atoms with Crippen molar-refractivity contribution >= 4 is 47.0 Å². The van der Waals surface area contributed by atoms with E-state index in [1.54, 1.807) is 13.0 Å². The maximum absolute atomic E-state index is 11.4. The quantitative estimate of drug-likeness (QED) is 0.661. The highest BCUT2D eigenvalue weighted by molar-refractivity contribution is 6.40. The van der Waals surface area contributed by atoms with Crippen molar-refractivity contribution in [1.29, 1.82) is 5.26 Å². The molecule has 1 N–H and O–H groups in total. The highest BCUT2D eigenvalue weighted by Gasteiger charge is 2.19. The minimum absolute atomic E-state index is 0.0336. The lowest BCUT2D eigenvalue weighted by Gasteiger charge is -2.06. The maximum atomic E-state index is 11.4. The number of nitriles is 1. The second-order valence-corrected chi connectivity index (χ2v) is 4.48. The zero-order chi connectivity index (χ0) is 16.0. The molecule has 1 rings (SSSR count). The molecule has 0 fully saturated rings. The number of esters is 1. The normalized spacial score (nSPS) is 11.9. The summed E-state index contributed by atoms with van der Waals surface area (Å²) in [6.45, 7) is 1.74. The Bertz CT molecular complexity index is 638. The molecule has 1 aromatic rings. The van der Waals surface area contributed by atoms with Crippen LogP contribution in [-0.4, -0.2) is 29.9 Å². The van der Waals surface area contributed by atoms with Crippen LogP contribution in [0.1, 0.15) is 17.3 Å². The number of hydrogen-bond donors (Lipinski definition) is 1. The molecule has 0 aliphatic rings. The van der Waals surface area contributed by atoms with Crippen LogP contribution in [-0.2, 0) is 9.53 Å². The predicted octanol–water partition coefficient (Wildman–Crippen LogP) is 3.10. The smallest absolute Gasteiger partial charge is 0.338 e. The molecule has 0 saturated heterocycles. The Labute approximate surface area is 130 Å². The van der Waals surface area contributed by atoms with E-state index in [9.17, 15) is 9.59 Å². The summed E-state index contributed by atoms with van der Waals surface area (Å²) in [5.41, 5.74) is -0.208.